The molecule has 0 saturated heterocycles. The minimum Gasteiger partial charge on any atom is -0.339 e. The van der Waals surface area contributed by atoms with E-state index in [9.17, 15) is 9.59 Å². The third kappa shape index (κ3) is 6.32. The second-order valence-electron chi connectivity index (χ2n) is 6.52. The van der Waals surface area contributed by atoms with Gasteiger partial charge in [-0.25, -0.2) is 4.98 Å². The van der Waals surface area contributed by atoms with E-state index >= 15 is 0 Å². The highest BCUT2D eigenvalue weighted by molar-refractivity contribution is 8.13. The maximum Gasteiger partial charge on any atom is 0.286 e. The van der Waals surface area contributed by atoms with Crippen molar-refractivity contribution in [1.29, 1.82) is 0 Å². The van der Waals surface area contributed by atoms with Crippen LogP contribution < -0.4 is 5.32 Å². The number of thiazole rings is 1. The summed E-state index contributed by atoms with van der Waals surface area (Å²) in [4.78, 5) is 31.2. The van der Waals surface area contributed by atoms with E-state index in [4.69, 9.17) is 11.6 Å². The van der Waals surface area contributed by atoms with E-state index in [1.54, 1.807) is 20.2 Å². The first-order valence-corrected chi connectivity index (χ1v) is 10.9. The maximum absolute atomic E-state index is 12.5. The zero-order valence-electron chi connectivity index (χ0n) is 16.0. The van der Waals surface area contributed by atoms with E-state index in [2.05, 4.69) is 10.3 Å². The van der Waals surface area contributed by atoms with Gasteiger partial charge in [-0.15, -0.1) is 11.3 Å². The first kappa shape index (κ1) is 21.4. The first-order chi connectivity index (χ1) is 13.9. The van der Waals surface area contributed by atoms with Gasteiger partial charge in [0.05, 0.1) is 22.8 Å². The van der Waals surface area contributed by atoms with Gasteiger partial charge in [-0.05, 0) is 41.6 Å². The molecule has 0 aliphatic rings. The number of carbonyl (C=O) groups excluding carboxylic acids is 2. The van der Waals surface area contributed by atoms with Crippen LogP contribution in [-0.2, 0) is 17.6 Å². The van der Waals surface area contributed by atoms with Crippen LogP contribution in [0, 0.1) is 0 Å². The summed E-state index contributed by atoms with van der Waals surface area (Å²) in [5, 5.41) is 6.31. The highest BCUT2D eigenvalue weighted by Crippen LogP contribution is 2.28. The number of aromatic nitrogens is 1. The lowest BCUT2D eigenvalue weighted by Crippen LogP contribution is -2.18. The highest BCUT2D eigenvalue weighted by Gasteiger charge is 2.14. The number of halogens is 1. The molecule has 2 amide bonds. The number of rotatable bonds is 6. The Morgan fingerprint density at radius 1 is 1.17 bits per heavy atom. The molecule has 150 valence electrons. The predicted octanol–water partition coefficient (Wildman–Crippen LogP) is 5.34. The fourth-order valence-electron chi connectivity index (χ4n) is 2.54. The SMILES string of the molecule is CN(C)C(=O)Sc1ccccc1NC(=O)Cc1csc(Cc2cccc(Cl)c2)n1. The molecule has 8 heteroatoms. The topological polar surface area (TPSA) is 62.3 Å². The number of nitrogens with one attached hydrogen (secondary N) is 1. The Kier molecular flexibility index (Phi) is 7.30. The molecule has 1 aromatic heterocycles. The molecule has 0 aliphatic heterocycles. The Hall–Kier alpha value is -2.35. The molecule has 0 unspecified atom stereocenters. The molecule has 3 aromatic rings. The van der Waals surface area contributed by atoms with Gasteiger partial charge in [0.15, 0.2) is 0 Å². The van der Waals surface area contributed by atoms with Crippen LogP contribution in [0.5, 0.6) is 0 Å². The van der Waals surface area contributed by atoms with Gasteiger partial charge in [0, 0.05) is 35.8 Å². The van der Waals surface area contributed by atoms with Crippen molar-refractivity contribution in [2.45, 2.75) is 17.7 Å². The van der Waals surface area contributed by atoms with Gasteiger partial charge >= 0.3 is 0 Å². The Bertz CT molecular complexity index is 1020. The second-order valence-corrected chi connectivity index (χ2v) is 8.90. The van der Waals surface area contributed by atoms with Crippen LogP contribution in [0.1, 0.15) is 16.3 Å². The number of hydrogen-bond acceptors (Lipinski definition) is 5. The van der Waals surface area contributed by atoms with Crippen LogP contribution >= 0.6 is 34.7 Å². The minimum atomic E-state index is -0.171. The van der Waals surface area contributed by atoms with Gasteiger partial charge in [0.25, 0.3) is 5.24 Å². The summed E-state index contributed by atoms with van der Waals surface area (Å²) in [6, 6.07) is 14.9. The number of carbonyl (C=O) groups is 2. The highest BCUT2D eigenvalue weighted by atomic mass is 35.5. The molecule has 1 heterocycles. The van der Waals surface area contributed by atoms with E-state index in [1.165, 1.54) is 16.2 Å². The van der Waals surface area contributed by atoms with Crippen molar-refractivity contribution < 1.29 is 9.59 Å². The molecule has 3 rings (SSSR count). The van der Waals surface area contributed by atoms with Gasteiger partial charge in [0.1, 0.15) is 0 Å². The number of hydrogen-bond donors (Lipinski definition) is 1. The van der Waals surface area contributed by atoms with Crippen molar-refractivity contribution >= 4 is 51.5 Å². The number of anilines is 1. The summed E-state index contributed by atoms with van der Waals surface area (Å²) in [6.45, 7) is 0. The monoisotopic (exact) mass is 445 g/mol. The first-order valence-electron chi connectivity index (χ1n) is 8.86. The molecule has 0 atom stereocenters. The van der Waals surface area contributed by atoms with Gasteiger partial charge in [-0.1, -0.05) is 35.9 Å². The Labute approximate surface area is 183 Å². The molecule has 29 heavy (non-hydrogen) atoms. The quantitative estimate of drug-likeness (QED) is 0.520. The van der Waals surface area contributed by atoms with Crippen molar-refractivity contribution in [3.8, 4) is 0 Å². The van der Waals surface area contributed by atoms with E-state index < -0.39 is 0 Å². The Morgan fingerprint density at radius 2 is 1.97 bits per heavy atom. The minimum absolute atomic E-state index is 0.100. The molecule has 0 radical (unpaired) electrons. The fraction of sp³-hybridized carbons (Fsp3) is 0.190. The third-order valence-corrected chi connectivity index (χ3v) is 6.16. The average Bonchev–Trinajstić information content (AvgIpc) is 3.09. The molecule has 0 bridgehead atoms. The van der Waals surface area contributed by atoms with Crippen LogP contribution in [0.2, 0.25) is 5.02 Å². The van der Waals surface area contributed by atoms with Crippen molar-refractivity contribution in [2.75, 3.05) is 19.4 Å². The summed E-state index contributed by atoms with van der Waals surface area (Å²) >= 11 is 8.63. The molecular weight excluding hydrogens is 426 g/mol. The van der Waals surface area contributed by atoms with Crippen LogP contribution in [-0.4, -0.2) is 35.1 Å². The van der Waals surface area contributed by atoms with Crippen LogP contribution in [0.25, 0.3) is 0 Å². The smallest absolute Gasteiger partial charge is 0.286 e. The van der Waals surface area contributed by atoms with Crippen molar-refractivity contribution in [2.24, 2.45) is 0 Å². The van der Waals surface area contributed by atoms with E-state index in [0.29, 0.717) is 22.0 Å². The van der Waals surface area contributed by atoms with Gasteiger partial charge in [-0.2, -0.15) is 0 Å². The van der Waals surface area contributed by atoms with Crippen molar-refractivity contribution in [3.05, 3.63) is 75.2 Å². The number of amides is 2. The average molecular weight is 446 g/mol. The summed E-state index contributed by atoms with van der Waals surface area (Å²) in [6.07, 6.45) is 0.853. The number of para-hydroxylation sites is 1. The van der Waals surface area contributed by atoms with E-state index in [0.717, 1.165) is 28.0 Å². The van der Waals surface area contributed by atoms with Crippen molar-refractivity contribution in [3.63, 3.8) is 0 Å². The summed E-state index contributed by atoms with van der Waals surface area (Å²) in [5.41, 5.74) is 2.42. The standard InChI is InChI=1S/C21H20ClN3O2S2/c1-25(2)21(27)29-18-9-4-3-8-17(18)24-19(26)12-16-13-28-20(23-16)11-14-6-5-7-15(22)10-14/h3-10,13H,11-12H2,1-2H3,(H,24,26). The summed E-state index contributed by atoms with van der Waals surface area (Å²) in [7, 11) is 3.39. The Balaban J connectivity index is 1.62. The summed E-state index contributed by atoms with van der Waals surface area (Å²) in [5.74, 6) is -0.171. The lowest BCUT2D eigenvalue weighted by atomic mass is 10.2. The predicted molar refractivity (Wildman–Crippen MR) is 120 cm³/mol. The third-order valence-electron chi connectivity index (χ3n) is 3.91. The lowest BCUT2D eigenvalue weighted by Gasteiger charge is -2.12. The lowest BCUT2D eigenvalue weighted by molar-refractivity contribution is -0.115. The van der Waals surface area contributed by atoms with Crippen LogP contribution in [0.4, 0.5) is 10.5 Å². The molecule has 0 aliphatic carbocycles. The molecule has 0 saturated carbocycles. The summed E-state index contributed by atoms with van der Waals surface area (Å²) < 4.78 is 0. The molecule has 0 fully saturated rings. The normalized spacial score (nSPS) is 10.6. The Morgan fingerprint density at radius 3 is 2.72 bits per heavy atom. The molecule has 0 spiro atoms. The second kappa shape index (κ2) is 9.91. The molecule has 5 nitrogen and oxygen atoms in total. The molecular formula is C21H20ClN3O2S2. The largest absolute Gasteiger partial charge is 0.339 e. The van der Waals surface area contributed by atoms with Crippen molar-refractivity contribution in [1.82, 2.24) is 9.88 Å². The molecule has 2 aromatic carbocycles. The zero-order chi connectivity index (χ0) is 20.8. The number of thioether (sulfide) groups is 1. The van der Waals surface area contributed by atoms with E-state index in [-0.39, 0.29) is 17.6 Å². The van der Waals surface area contributed by atoms with Gasteiger partial charge in [-0.3, -0.25) is 9.59 Å². The fourth-order valence-corrected chi connectivity index (χ4v) is 4.32. The van der Waals surface area contributed by atoms with Gasteiger partial charge < -0.3 is 10.2 Å². The van der Waals surface area contributed by atoms with Gasteiger partial charge in [0.2, 0.25) is 5.91 Å². The maximum atomic E-state index is 12.5. The van der Waals surface area contributed by atoms with Crippen LogP contribution in [0.3, 0.4) is 0 Å². The van der Waals surface area contributed by atoms with Crippen LogP contribution in [0.15, 0.2) is 58.8 Å². The number of benzene rings is 2. The zero-order valence-corrected chi connectivity index (χ0v) is 18.4. The number of nitrogens with zero attached hydrogens (tertiary/aromatic N) is 2. The molecule has 1 N–H and O–H groups in total. The van der Waals surface area contributed by atoms with E-state index in [1.807, 2.05) is 47.8 Å².